The molecule has 58 valence electrons. The van der Waals surface area contributed by atoms with E-state index in [1.54, 1.807) is 0 Å². The minimum absolute atomic E-state index is 0. The van der Waals surface area contributed by atoms with E-state index in [0.29, 0.717) is 0 Å². The Hall–Kier alpha value is 1.23. The summed E-state index contributed by atoms with van der Waals surface area (Å²) >= 11 is 7.60. The van der Waals surface area contributed by atoms with Crippen LogP contribution in [0.1, 0.15) is 6.42 Å². The van der Waals surface area contributed by atoms with Crippen molar-refractivity contribution >= 4 is 35.4 Å². The van der Waals surface area contributed by atoms with E-state index in [-0.39, 0.29) is 36.2 Å². The minimum atomic E-state index is -3.82. The Balaban J connectivity index is 0. The van der Waals surface area contributed by atoms with Crippen molar-refractivity contribution in [1.29, 1.82) is 0 Å². The first kappa shape index (κ1) is 13.8. The van der Waals surface area contributed by atoms with Crippen LogP contribution in [0.4, 0.5) is 0 Å². The van der Waals surface area contributed by atoms with Gasteiger partial charge in [0.15, 0.2) is 0 Å². The number of hydrogen-bond donors (Lipinski definition) is 3. The molecule has 0 amide bonds. The average molecular weight is 254 g/mol. The predicted molar refractivity (Wildman–Crippen MR) is 42.8 cm³/mol. The fourth-order valence-corrected chi connectivity index (χ4v) is 1.40. The second kappa shape index (κ2) is 5.83. The Labute approximate surface area is 84.3 Å². The van der Waals surface area contributed by atoms with Gasteiger partial charge in [0, 0.05) is 24.1 Å². The third-order valence-electron chi connectivity index (χ3n) is 0.634. The van der Waals surface area contributed by atoms with Gasteiger partial charge < -0.3 is 0 Å². The van der Waals surface area contributed by atoms with E-state index in [1.165, 1.54) is 0 Å². The molecule has 0 aromatic heterocycles. The molecule has 0 aliphatic heterocycles. The van der Waals surface area contributed by atoms with Crippen molar-refractivity contribution in [2.45, 2.75) is 11.0 Å². The fourth-order valence-electron chi connectivity index (χ4n) is 0.254. The Kier molecular flexibility index (Phi) is 8.04. The van der Waals surface area contributed by atoms with Crippen LogP contribution < -0.4 is 0 Å². The summed E-state index contributed by atoms with van der Waals surface area (Å²) in [6.07, 6.45) is 0.255. The van der Waals surface area contributed by atoms with Crippen molar-refractivity contribution in [2.75, 3.05) is 5.75 Å². The maximum absolute atomic E-state index is 10.0. The summed E-state index contributed by atoms with van der Waals surface area (Å²) in [5, 5.41) is 0. The molecule has 0 radical (unpaired) electrons. The van der Waals surface area contributed by atoms with Gasteiger partial charge in [-0.05, 0) is 6.42 Å². The molecular formula is C3H8O3S3Zn. The number of rotatable bonds is 3. The number of thiol groups is 2. The summed E-state index contributed by atoms with van der Waals surface area (Å²) in [7, 11) is -3.82. The van der Waals surface area contributed by atoms with Crippen LogP contribution in [0.5, 0.6) is 0 Å². The van der Waals surface area contributed by atoms with Crippen LogP contribution in [0.25, 0.3) is 0 Å². The quantitative estimate of drug-likeness (QED) is 0.296. The van der Waals surface area contributed by atoms with Gasteiger partial charge in [0.05, 0.1) is 5.75 Å². The van der Waals surface area contributed by atoms with Gasteiger partial charge in [0.2, 0.25) is 0 Å². The zero-order chi connectivity index (χ0) is 7.49. The molecule has 0 bridgehead atoms. The molecule has 0 heterocycles. The van der Waals surface area contributed by atoms with Crippen LogP contribution in [0.2, 0.25) is 0 Å². The van der Waals surface area contributed by atoms with Crippen LogP contribution in [-0.4, -0.2) is 23.3 Å². The van der Waals surface area contributed by atoms with Gasteiger partial charge in [-0.15, -0.1) is 0 Å². The first-order valence-electron chi connectivity index (χ1n) is 2.23. The summed E-state index contributed by atoms with van der Waals surface area (Å²) in [5.41, 5.74) is 0. The Morgan fingerprint density at radius 1 is 1.40 bits per heavy atom. The van der Waals surface area contributed by atoms with E-state index in [1.807, 2.05) is 0 Å². The standard InChI is InChI=1S/C3H8O3S3.Zn/c4-9(5,6)2-1-3(7)8;/h3,7-8H,1-2H2,(H,4,5,6);. The topological polar surface area (TPSA) is 54.4 Å². The van der Waals surface area contributed by atoms with Crippen LogP contribution in [-0.2, 0) is 29.6 Å². The van der Waals surface area contributed by atoms with Crippen molar-refractivity contribution in [2.24, 2.45) is 0 Å². The Bertz CT molecular complexity index is 164. The van der Waals surface area contributed by atoms with Crippen molar-refractivity contribution in [1.82, 2.24) is 0 Å². The molecule has 10 heavy (non-hydrogen) atoms. The van der Waals surface area contributed by atoms with Gasteiger partial charge in [0.25, 0.3) is 10.1 Å². The van der Waals surface area contributed by atoms with E-state index in [0.717, 1.165) is 0 Å². The summed E-state index contributed by atoms with van der Waals surface area (Å²) in [6.45, 7) is 0. The number of hydrogen-bond acceptors (Lipinski definition) is 4. The molecule has 0 aromatic carbocycles. The molecule has 0 aromatic rings. The van der Waals surface area contributed by atoms with Crippen LogP contribution in [0.3, 0.4) is 0 Å². The SMILES string of the molecule is O=S(=O)(O)CCC(S)S.[Zn]. The second-order valence-electron chi connectivity index (χ2n) is 1.56. The molecule has 0 aliphatic rings. The Morgan fingerprint density at radius 3 is 1.90 bits per heavy atom. The molecule has 0 rings (SSSR count). The molecular weight excluding hydrogens is 246 g/mol. The van der Waals surface area contributed by atoms with Crippen molar-refractivity contribution in [3.05, 3.63) is 0 Å². The first-order chi connectivity index (χ1) is 3.92. The molecule has 0 spiro atoms. The van der Waals surface area contributed by atoms with E-state index in [9.17, 15) is 8.42 Å². The van der Waals surface area contributed by atoms with E-state index < -0.39 is 10.1 Å². The van der Waals surface area contributed by atoms with Crippen molar-refractivity contribution < 1.29 is 32.4 Å². The van der Waals surface area contributed by atoms with Gasteiger partial charge in [0.1, 0.15) is 0 Å². The monoisotopic (exact) mass is 252 g/mol. The third kappa shape index (κ3) is 12.0. The molecule has 1 N–H and O–H groups in total. The summed E-state index contributed by atoms with van der Waals surface area (Å²) in [4.78, 5) is 0. The summed E-state index contributed by atoms with van der Waals surface area (Å²) in [6, 6.07) is 0. The van der Waals surface area contributed by atoms with Crippen LogP contribution in [0, 0.1) is 0 Å². The van der Waals surface area contributed by atoms with E-state index in [4.69, 9.17) is 4.55 Å². The molecule has 0 unspecified atom stereocenters. The van der Waals surface area contributed by atoms with E-state index >= 15 is 0 Å². The van der Waals surface area contributed by atoms with Crippen molar-refractivity contribution in [3.63, 3.8) is 0 Å². The minimum Gasteiger partial charge on any atom is -0.286 e. The zero-order valence-corrected chi connectivity index (χ0v) is 10.8. The normalized spacial score (nSPS) is 11.2. The second-order valence-corrected chi connectivity index (χ2v) is 4.78. The smallest absolute Gasteiger partial charge is 0.264 e. The molecule has 3 nitrogen and oxygen atoms in total. The summed E-state index contributed by atoms with van der Waals surface area (Å²) in [5.74, 6) is -0.273. The van der Waals surface area contributed by atoms with Crippen molar-refractivity contribution in [3.8, 4) is 0 Å². The molecule has 0 fully saturated rings. The third-order valence-corrected chi connectivity index (χ3v) is 1.90. The zero-order valence-electron chi connectivity index (χ0n) is 5.27. The van der Waals surface area contributed by atoms with Gasteiger partial charge in [-0.3, -0.25) is 4.55 Å². The summed E-state index contributed by atoms with van der Waals surface area (Å²) < 4.78 is 27.9. The average Bonchev–Trinajstić information content (AvgIpc) is 1.59. The molecule has 0 saturated heterocycles. The largest absolute Gasteiger partial charge is 0.286 e. The maximum Gasteiger partial charge on any atom is 0.264 e. The predicted octanol–water partition coefficient (Wildman–Crippen LogP) is 0.448. The van der Waals surface area contributed by atoms with Crippen LogP contribution in [0.15, 0.2) is 0 Å². The fraction of sp³-hybridized carbons (Fsp3) is 1.00. The maximum atomic E-state index is 10.0. The van der Waals surface area contributed by atoms with E-state index in [2.05, 4.69) is 25.3 Å². The first-order valence-corrected chi connectivity index (χ1v) is 4.87. The van der Waals surface area contributed by atoms with Crippen LogP contribution >= 0.6 is 25.3 Å². The van der Waals surface area contributed by atoms with Gasteiger partial charge in [-0.1, -0.05) is 0 Å². The van der Waals surface area contributed by atoms with Gasteiger partial charge in [-0.25, -0.2) is 0 Å². The molecule has 0 aliphatic carbocycles. The Morgan fingerprint density at radius 2 is 1.80 bits per heavy atom. The van der Waals surface area contributed by atoms with Gasteiger partial charge >= 0.3 is 0 Å². The molecule has 0 atom stereocenters. The molecule has 7 heteroatoms. The van der Waals surface area contributed by atoms with Gasteiger partial charge in [-0.2, -0.15) is 33.7 Å². The molecule has 0 saturated carbocycles.